The lowest BCUT2D eigenvalue weighted by atomic mass is 10.0. The number of hydrogen-bond acceptors (Lipinski definition) is 4. The Morgan fingerprint density at radius 3 is 2.69 bits per heavy atom. The van der Waals surface area contributed by atoms with Gasteiger partial charge in [-0.2, -0.15) is 0 Å². The van der Waals surface area contributed by atoms with Gasteiger partial charge in [0.1, 0.15) is 18.4 Å². The molecular formula is C20H22N2O4. The van der Waals surface area contributed by atoms with Crippen molar-refractivity contribution in [3.63, 3.8) is 0 Å². The molecule has 6 nitrogen and oxygen atoms in total. The van der Waals surface area contributed by atoms with Crippen LogP contribution in [-0.2, 0) is 16.1 Å². The van der Waals surface area contributed by atoms with Crippen LogP contribution < -0.4 is 15.4 Å². The van der Waals surface area contributed by atoms with Gasteiger partial charge in [-0.15, -0.1) is 0 Å². The molecule has 0 fully saturated rings. The van der Waals surface area contributed by atoms with Crippen LogP contribution in [0.3, 0.4) is 0 Å². The number of hydrogen-bond donors (Lipinski definition) is 2. The van der Waals surface area contributed by atoms with Gasteiger partial charge in [-0.1, -0.05) is 48.5 Å². The normalized spacial score (nSPS) is 16.6. The molecular weight excluding hydrogens is 332 g/mol. The van der Waals surface area contributed by atoms with E-state index in [1.807, 2.05) is 54.6 Å². The summed E-state index contributed by atoms with van der Waals surface area (Å²) in [6, 6.07) is 16.2. The minimum atomic E-state index is -0.701. The predicted octanol–water partition coefficient (Wildman–Crippen LogP) is 2.94. The van der Waals surface area contributed by atoms with E-state index in [1.54, 1.807) is 6.92 Å². The Morgan fingerprint density at radius 2 is 1.88 bits per heavy atom. The van der Waals surface area contributed by atoms with Crippen LogP contribution >= 0.6 is 0 Å². The smallest absolute Gasteiger partial charge is 0.408 e. The highest BCUT2D eigenvalue weighted by Gasteiger charge is 2.25. The fourth-order valence-electron chi connectivity index (χ4n) is 2.80. The van der Waals surface area contributed by atoms with Gasteiger partial charge in [0.05, 0.1) is 12.6 Å². The molecule has 2 amide bonds. The van der Waals surface area contributed by atoms with Crippen molar-refractivity contribution in [3.8, 4) is 5.75 Å². The molecule has 0 saturated heterocycles. The maximum absolute atomic E-state index is 12.4. The molecule has 1 aliphatic heterocycles. The number of nitrogens with one attached hydrogen (secondary N) is 2. The summed E-state index contributed by atoms with van der Waals surface area (Å²) in [5.41, 5.74) is 1.84. The quantitative estimate of drug-likeness (QED) is 0.865. The zero-order chi connectivity index (χ0) is 18.4. The van der Waals surface area contributed by atoms with Gasteiger partial charge in [0, 0.05) is 12.0 Å². The van der Waals surface area contributed by atoms with Crippen molar-refractivity contribution in [1.29, 1.82) is 0 Å². The highest BCUT2D eigenvalue weighted by molar-refractivity contribution is 5.85. The first-order chi connectivity index (χ1) is 12.6. The van der Waals surface area contributed by atoms with Crippen molar-refractivity contribution in [2.45, 2.75) is 32.0 Å². The summed E-state index contributed by atoms with van der Waals surface area (Å²) in [4.78, 5) is 24.3. The Balaban J connectivity index is 1.50. The molecule has 0 bridgehead atoms. The number of carbonyl (C=O) groups is 2. The van der Waals surface area contributed by atoms with Crippen LogP contribution in [0.2, 0.25) is 0 Å². The Morgan fingerprint density at radius 1 is 1.15 bits per heavy atom. The lowest BCUT2D eigenvalue weighted by Gasteiger charge is -2.27. The molecule has 0 spiro atoms. The molecule has 2 aromatic rings. The van der Waals surface area contributed by atoms with Crippen molar-refractivity contribution >= 4 is 12.0 Å². The minimum absolute atomic E-state index is 0.128. The Kier molecular flexibility index (Phi) is 5.73. The number of alkyl carbamates (subject to hydrolysis) is 1. The number of amides is 2. The molecule has 2 aromatic carbocycles. The van der Waals surface area contributed by atoms with E-state index in [9.17, 15) is 9.59 Å². The summed E-state index contributed by atoms with van der Waals surface area (Å²) < 4.78 is 10.7. The molecule has 136 valence electrons. The monoisotopic (exact) mass is 354 g/mol. The molecule has 0 saturated carbocycles. The van der Waals surface area contributed by atoms with E-state index in [-0.39, 0.29) is 18.6 Å². The first-order valence-electron chi connectivity index (χ1n) is 8.63. The second-order valence-electron chi connectivity index (χ2n) is 6.16. The van der Waals surface area contributed by atoms with E-state index in [1.165, 1.54) is 0 Å². The maximum atomic E-state index is 12.4. The van der Waals surface area contributed by atoms with Crippen LogP contribution in [0.25, 0.3) is 0 Å². The third-order valence-corrected chi connectivity index (χ3v) is 4.22. The fraction of sp³-hybridized carbons (Fsp3) is 0.300. The summed E-state index contributed by atoms with van der Waals surface area (Å²) in [6.45, 7) is 2.33. The lowest BCUT2D eigenvalue weighted by molar-refractivity contribution is -0.123. The van der Waals surface area contributed by atoms with Gasteiger partial charge in [0.15, 0.2) is 0 Å². The zero-order valence-electron chi connectivity index (χ0n) is 14.6. The summed E-state index contributed by atoms with van der Waals surface area (Å²) in [6.07, 6.45) is 0.0670. The second kappa shape index (κ2) is 8.38. The maximum Gasteiger partial charge on any atom is 0.408 e. The van der Waals surface area contributed by atoms with Crippen LogP contribution in [0, 0.1) is 0 Å². The molecule has 0 radical (unpaired) electrons. The fourth-order valence-corrected chi connectivity index (χ4v) is 2.80. The van der Waals surface area contributed by atoms with E-state index < -0.39 is 12.1 Å². The molecule has 3 rings (SSSR count). The van der Waals surface area contributed by atoms with Gasteiger partial charge >= 0.3 is 6.09 Å². The Hall–Kier alpha value is -3.02. The second-order valence-corrected chi connectivity index (χ2v) is 6.16. The van der Waals surface area contributed by atoms with E-state index >= 15 is 0 Å². The van der Waals surface area contributed by atoms with E-state index in [2.05, 4.69) is 10.6 Å². The van der Waals surface area contributed by atoms with Gasteiger partial charge in [-0.05, 0) is 18.6 Å². The molecule has 2 atom stereocenters. The molecule has 6 heteroatoms. The molecule has 1 heterocycles. The number of fused-ring (bicyclic) bond motifs is 1. The van der Waals surface area contributed by atoms with Gasteiger partial charge < -0.3 is 20.1 Å². The van der Waals surface area contributed by atoms with Crippen LogP contribution in [0.15, 0.2) is 54.6 Å². The van der Waals surface area contributed by atoms with E-state index in [0.717, 1.165) is 16.9 Å². The highest BCUT2D eigenvalue weighted by atomic mass is 16.5. The van der Waals surface area contributed by atoms with Crippen LogP contribution in [0.5, 0.6) is 5.75 Å². The highest BCUT2D eigenvalue weighted by Crippen LogP contribution is 2.31. The number of ether oxygens (including phenoxy) is 2. The zero-order valence-corrected chi connectivity index (χ0v) is 14.6. The SMILES string of the molecule is C[C@@H](NC(=O)OCc1ccccc1)C(=O)N[C@@H]1CCOc2ccccc21. The summed E-state index contributed by atoms with van der Waals surface area (Å²) in [5, 5.41) is 5.52. The lowest BCUT2D eigenvalue weighted by Crippen LogP contribution is -2.46. The molecule has 0 aromatic heterocycles. The van der Waals surface area contributed by atoms with Gasteiger partial charge in [0.25, 0.3) is 0 Å². The number of rotatable bonds is 5. The van der Waals surface area contributed by atoms with Crippen molar-refractivity contribution in [1.82, 2.24) is 10.6 Å². The van der Waals surface area contributed by atoms with E-state index in [0.29, 0.717) is 13.0 Å². The van der Waals surface area contributed by atoms with E-state index in [4.69, 9.17) is 9.47 Å². The van der Waals surface area contributed by atoms with Gasteiger partial charge in [-0.25, -0.2) is 4.79 Å². The minimum Gasteiger partial charge on any atom is -0.493 e. The first-order valence-corrected chi connectivity index (χ1v) is 8.63. The summed E-state index contributed by atoms with van der Waals surface area (Å²) in [5.74, 6) is 0.523. The molecule has 0 aliphatic carbocycles. The Labute approximate surface area is 152 Å². The predicted molar refractivity (Wildman–Crippen MR) is 96.7 cm³/mol. The van der Waals surface area contributed by atoms with Crippen molar-refractivity contribution in [3.05, 3.63) is 65.7 Å². The average Bonchev–Trinajstić information content (AvgIpc) is 2.67. The van der Waals surface area contributed by atoms with Gasteiger partial charge in [0.2, 0.25) is 5.91 Å². The molecule has 26 heavy (non-hydrogen) atoms. The molecule has 2 N–H and O–H groups in total. The largest absolute Gasteiger partial charge is 0.493 e. The third kappa shape index (κ3) is 4.53. The van der Waals surface area contributed by atoms with Crippen LogP contribution in [-0.4, -0.2) is 24.6 Å². The first kappa shape index (κ1) is 17.8. The summed E-state index contributed by atoms with van der Waals surface area (Å²) in [7, 11) is 0. The number of benzene rings is 2. The number of carbonyl (C=O) groups excluding carboxylic acids is 2. The van der Waals surface area contributed by atoms with Crippen molar-refractivity contribution < 1.29 is 19.1 Å². The van der Waals surface area contributed by atoms with Gasteiger partial charge in [-0.3, -0.25) is 4.79 Å². The Bertz CT molecular complexity index is 763. The third-order valence-electron chi connectivity index (χ3n) is 4.22. The average molecular weight is 354 g/mol. The van der Waals surface area contributed by atoms with Crippen molar-refractivity contribution in [2.24, 2.45) is 0 Å². The summed E-state index contributed by atoms with van der Waals surface area (Å²) >= 11 is 0. The topological polar surface area (TPSA) is 76.7 Å². The van der Waals surface area contributed by atoms with Crippen LogP contribution in [0.1, 0.15) is 30.5 Å². The molecule has 1 aliphatic rings. The van der Waals surface area contributed by atoms with Crippen LogP contribution in [0.4, 0.5) is 4.79 Å². The standard InChI is InChI=1S/C20H22N2O4/c1-14(21-20(24)26-13-15-7-3-2-4-8-15)19(23)22-17-11-12-25-18-10-6-5-9-16(17)18/h2-10,14,17H,11-13H2,1H3,(H,21,24)(H,22,23)/t14-,17-/m1/s1. The molecule has 0 unspecified atom stereocenters. The van der Waals surface area contributed by atoms with Crippen molar-refractivity contribution in [2.75, 3.05) is 6.61 Å². The number of para-hydroxylation sites is 1.